The minimum Gasteiger partial charge on any atom is -0.756 e. The van der Waals surface area contributed by atoms with Crippen LogP contribution in [0.25, 0.3) is 0 Å². The molecule has 0 aliphatic carbocycles. The van der Waals surface area contributed by atoms with Crippen LogP contribution in [0.15, 0.2) is 122 Å². The van der Waals surface area contributed by atoms with E-state index in [1.807, 2.05) is 21.1 Å². The van der Waals surface area contributed by atoms with Crippen LogP contribution >= 0.6 is 7.82 Å². The molecule has 0 spiro atoms. The largest absolute Gasteiger partial charge is 0.756 e. The summed E-state index contributed by atoms with van der Waals surface area (Å²) in [7, 11) is 1.31. The fourth-order valence-corrected chi connectivity index (χ4v) is 7.91. The van der Waals surface area contributed by atoms with Gasteiger partial charge in [0.15, 0.2) is 0 Å². The molecule has 8 nitrogen and oxygen atoms in total. The van der Waals surface area contributed by atoms with E-state index in [2.05, 4.69) is 135 Å². The number of carbonyl (C=O) groups excluding carboxylic acids is 1. The molecule has 2 atom stereocenters. The van der Waals surface area contributed by atoms with Crippen LogP contribution in [-0.4, -0.2) is 70.7 Å². The van der Waals surface area contributed by atoms with E-state index < -0.39 is 13.9 Å². The maximum atomic E-state index is 12.8. The van der Waals surface area contributed by atoms with Crippen LogP contribution < -0.4 is 4.89 Å². The average molecular weight is 1010 g/mol. The molecule has 0 rings (SSSR count). The number of esters is 1. The minimum absolute atomic E-state index is 0.00938. The Labute approximate surface area is 437 Å². The third-order valence-corrected chi connectivity index (χ3v) is 12.5. The van der Waals surface area contributed by atoms with Crippen molar-refractivity contribution in [3.63, 3.8) is 0 Å². The highest BCUT2D eigenvalue weighted by Crippen LogP contribution is 2.38. The molecule has 0 aliphatic heterocycles. The predicted octanol–water partition coefficient (Wildman–Crippen LogP) is 17.4. The molecule has 0 amide bonds. The molecule has 0 radical (unpaired) electrons. The third kappa shape index (κ3) is 57.7. The molecule has 0 bridgehead atoms. The number of allylic oxidation sites excluding steroid dienone is 20. The fraction of sp³-hybridized carbons (Fsp3) is 0.661. The smallest absolute Gasteiger partial charge is 0.306 e. The molecule has 0 N–H and O–H groups in total. The highest BCUT2D eigenvalue weighted by molar-refractivity contribution is 7.45. The molecular weight excluding hydrogens is 902 g/mol. The first-order valence-corrected chi connectivity index (χ1v) is 29.7. The van der Waals surface area contributed by atoms with E-state index in [0.29, 0.717) is 17.6 Å². The molecular formula is C62H106NO7P. The maximum Gasteiger partial charge on any atom is 0.306 e. The molecule has 0 aliphatic rings. The summed E-state index contributed by atoms with van der Waals surface area (Å²) < 4.78 is 34.8. The van der Waals surface area contributed by atoms with Gasteiger partial charge in [0, 0.05) is 13.0 Å². The monoisotopic (exact) mass is 1010 g/mol. The fourth-order valence-electron chi connectivity index (χ4n) is 7.18. The number of hydrogen-bond acceptors (Lipinski definition) is 7. The first kappa shape index (κ1) is 67.9. The number of ether oxygens (including phenoxy) is 2. The van der Waals surface area contributed by atoms with Crippen molar-refractivity contribution in [1.29, 1.82) is 0 Å². The molecule has 2 unspecified atom stereocenters. The zero-order valence-corrected chi connectivity index (χ0v) is 47.0. The third-order valence-electron chi connectivity index (χ3n) is 11.5. The zero-order valence-electron chi connectivity index (χ0n) is 46.1. The number of likely N-dealkylation sites (N-methyl/N-ethyl adjacent to an activating group) is 1. The van der Waals surface area contributed by atoms with Gasteiger partial charge in [0.05, 0.1) is 34.4 Å². The molecule has 0 fully saturated rings. The van der Waals surface area contributed by atoms with E-state index in [1.54, 1.807) is 0 Å². The Bertz CT molecular complexity index is 1550. The second kappa shape index (κ2) is 53.2. The molecule has 0 aromatic heterocycles. The van der Waals surface area contributed by atoms with Crippen molar-refractivity contribution >= 4 is 13.8 Å². The topological polar surface area (TPSA) is 94.1 Å². The van der Waals surface area contributed by atoms with Gasteiger partial charge in [0.2, 0.25) is 0 Å². The Morgan fingerprint density at radius 2 is 0.817 bits per heavy atom. The number of rotatable bonds is 51. The Hall–Kier alpha value is -3.10. The van der Waals surface area contributed by atoms with Crippen LogP contribution in [0.1, 0.15) is 206 Å². The number of nitrogens with zero attached hydrogens (tertiary/aromatic N) is 1. The van der Waals surface area contributed by atoms with Crippen LogP contribution in [0.2, 0.25) is 0 Å². The van der Waals surface area contributed by atoms with Gasteiger partial charge < -0.3 is 27.9 Å². The quantitative estimate of drug-likeness (QED) is 0.0197. The Morgan fingerprint density at radius 3 is 1.23 bits per heavy atom. The van der Waals surface area contributed by atoms with E-state index in [1.165, 1.54) is 89.9 Å². The summed E-state index contributed by atoms with van der Waals surface area (Å²) in [6.07, 6.45) is 76.7. The highest BCUT2D eigenvalue weighted by atomic mass is 31.2. The average Bonchev–Trinajstić information content (AvgIpc) is 3.33. The van der Waals surface area contributed by atoms with Gasteiger partial charge >= 0.3 is 5.97 Å². The summed E-state index contributed by atoms with van der Waals surface area (Å²) in [6, 6.07) is 0. The molecule has 406 valence electrons. The lowest BCUT2D eigenvalue weighted by Crippen LogP contribution is -2.37. The minimum atomic E-state index is -4.56. The molecule has 0 saturated heterocycles. The van der Waals surface area contributed by atoms with E-state index >= 15 is 0 Å². The van der Waals surface area contributed by atoms with Gasteiger partial charge in [-0.15, -0.1) is 0 Å². The molecule has 0 heterocycles. The van der Waals surface area contributed by atoms with Crippen molar-refractivity contribution in [1.82, 2.24) is 0 Å². The van der Waals surface area contributed by atoms with E-state index in [-0.39, 0.29) is 32.2 Å². The second-order valence-electron chi connectivity index (χ2n) is 19.6. The summed E-state index contributed by atoms with van der Waals surface area (Å²) in [5.41, 5.74) is 0. The number of carbonyl (C=O) groups is 1. The maximum absolute atomic E-state index is 12.8. The van der Waals surface area contributed by atoms with E-state index in [4.69, 9.17) is 18.5 Å². The van der Waals surface area contributed by atoms with Gasteiger partial charge in [0.25, 0.3) is 7.82 Å². The molecule has 0 saturated carbocycles. The Balaban J connectivity index is 4.23. The van der Waals surface area contributed by atoms with Crippen molar-refractivity contribution in [2.75, 3.05) is 54.1 Å². The standard InChI is InChI=1S/C62H106NO7P/c1-6-8-10-12-14-16-18-20-22-24-26-28-30-32-33-35-37-39-41-43-45-47-49-51-53-55-62(64)70-61(60-69-71(65,66)68-58-56-63(3,4)5)59-67-57-54-52-50-48-46-44-42-40-38-36-34-31-29-27-25-23-21-19-17-15-13-11-9-7-2/h9,11,15,17-18,20-21,23-24,26-27,29-30,32,34,36,40,42,46,48,61H,6-8,10,12-14,16,19,22,25,28,31,33,35,37-39,41,43-45,47,49-60H2,1-5H3/b11-9-,17-15-,20-18-,23-21-,26-24-,29-27-,32-30-,36-34-,42-40-,48-46-. The summed E-state index contributed by atoms with van der Waals surface area (Å²) in [5, 5.41) is 0. The van der Waals surface area contributed by atoms with Gasteiger partial charge in [-0.25, -0.2) is 0 Å². The number of unbranched alkanes of at least 4 members (excludes halogenated alkanes) is 17. The van der Waals surface area contributed by atoms with Crippen molar-refractivity contribution < 1.29 is 37.3 Å². The normalized spacial score (nSPS) is 14.4. The number of phosphoric ester groups is 1. The summed E-state index contributed by atoms with van der Waals surface area (Å²) in [4.78, 5) is 25.3. The number of quaternary nitrogens is 1. The summed E-state index contributed by atoms with van der Waals surface area (Å²) >= 11 is 0. The Kier molecular flexibility index (Phi) is 50.9. The first-order valence-electron chi connectivity index (χ1n) is 28.3. The van der Waals surface area contributed by atoms with Crippen molar-refractivity contribution in [2.45, 2.75) is 213 Å². The van der Waals surface area contributed by atoms with Gasteiger partial charge in [-0.2, -0.15) is 0 Å². The lowest BCUT2D eigenvalue weighted by molar-refractivity contribution is -0.870. The number of hydrogen-bond donors (Lipinski definition) is 0. The van der Waals surface area contributed by atoms with Gasteiger partial charge in [0.1, 0.15) is 19.3 Å². The van der Waals surface area contributed by atoms with Gasteiger partial charge in [-0.1, -0.05) is 212 Å². The summed E-state index contributed by atoms with van der Waals surface area (Å²) in [6.45, 7) is 5.15. The summed E-state index contributed by atoms with van der Waals surface area (Å²) in [5.74, 6) is -0.358. The van der Waals surface area contributed by atoms with Crippen LogP contribution in [0.4, 0.5) is 0 Å². The SMILES string of the molecule is CC/C=C\C/C=C\C/C=C\C/C=C\C/C=C\C/C=C\C/C=C\CCCCOCC(COP(=O)([O-])OCC[N+](C)(C)C)OC(=O)CCCCCCCCCCCC/C=C\C/C=C\C/C=C\CCCCCCC. The second-order valence-corrected chi connectivity index (χ2v) is 21.0. The predicted molar refractivity (Wildman–Crippen MR) is 304 cm³/mol. The molecule has 0 aromatic rings. The first-order chi connectivity index (χ1) is 34.6. The van der Waals surface area contributed by atoms with Crippen molar-refractivity contribution in [3.05, 3.63) is 122 Å². The van der Waals surface area contributed by atoms with Crippen LogP contribution in [-0.2, 0) is 27.9 Å². The van der Waals surface area contributed by atoms with Crippen LogP contribution in [0.5, 0.6) is 0 Å². The Morgan fingerprint density at radius 1 is 0.451 bits per heavy atom. The van der Waals surface area contributed by atoms with Crippen LogP contribution in [0.3, 0.4) is 0 Å². The molecule has 71 heavy (non-hydrogen) atoms. The highest BCUT2D eigenvalue weighted by Gasteiger charge is 2.20. The van der Waals surface area contributed by atoms with Crippen molar-refractivity contribution in [3.8, 4) is 0 Å². The molecule has 0 aromatic carbocycles. The van der Waals surface area contributed by atoms with E-state index in [0.717, 1.165) is 96.3 Å². The van der Waals surface area contributed by atoms with Crippen molar-refractivity contribution in [2.24, 2.45) is 0 Å². The van der Waals surface area contributed by atoms with Gasteiger partial charge in [-0.3, -0.25) is 9.36 Å². The zero-order chi connectivity index (χ0) is 51.9. The molecule has 9 heteroatoms. The van der Waals surface area contributed by atoms with E-state index in [9.17, 15) is 14.3 Å². The lowest BCUT2D eigenvalue weighted by atomic mass is 10.0. The van der Waals surface area contributed by atoms with Crippen LogP contribution in [0, 0.1) is 0 Å². The number of phosphoric acid groups is 1. The van der Waals surface area contributed by atoms with Gasteiger partial charge in [-0.05, 0) is 109 Å². The lowest BCUT2D eigenvalue weighted by Gasteiger charge is -2.28.